The van der Waals surface area contributed by atoms with Gasteiger partial charge in [-0.1, -0.05) is 41.1 Å². The monoisotopic (exact) mass is 295 g/mol. The van der Waals surface area contributed by atoms with Crippen molar-refractivity contribution in [1.29, 1.82) is 0 Å². The molecule has 0 radical (unpaired) electrons. The minimum atomic E-state index is -0.181. The Morgan fingerprint density at radius 1 is 1.47 bits per heavy atom. The highest BCUT2D eigenvalue weighted by atomic mass is 35.5. The number of amides is 1. The van der Waals surface area contributed by atoms with Gasteiger partial charge in [0.2, 0.25) is 0 Å². The molecule has 0 spiro atoms. The first-order valence-corrected chi connectivity index (χ1v) is 6.96. The van der Waals surface area contributed by atoms with Crippen molar-refractivity contribution in [3.8, 4) is 0 Å². The summed E-state index contributed by atoms with van der Waals surface area (Å²) in [4.78, 5) is 16.7. The van der Waals surface area contributed by atoms with Gasteiger partial charge < -0.3 is 11.1 Å². The van der Waals surface area contributed by atoms with E-state index in [1.54, 1.807) is 13.0 Å². The Morgan fingerprint density at radius 3 is 2.74 bits per heavy atom. The Morgan fingerprint density at radius 2 is 2.16 bits per heavy atom. The molecular formula is C13H14ClN3OS. The maximum atomic E-state index is 12.1. The third kappa shape index (κ3) is 3.05. The van der Waals surface area contributed by atoms with Crippen LogP contribution in [0.2, 0.25) is 5.02 Å². The average molecular weight is 296 g/mol. The van der Waals surface area contributed by atoms with E-state index in [-0.39, 0.29) is 11.9 Å². The number of carbonyl (C=O) groups is 1. The summed E-state index contributed by atoms with van der Waals surface area (Å²) in [6.07, 6.45) is 0. The largest absolute Gasteiger partial charge is 0.375 e. The molecule has 3 N–H and O–H groups in total. The summed E-state index contributed by atoms with van der Waals surface area (Å²) in [5, 5.41) is 3.93. The number of aromatic nitrogens is 1. The van der Waals surface area contributed by atoms with Crippen LogP contribution in [0.4, 0.5) is 5.13 Å². The molecule has 0 saturated heterocycles. The summed E-state index contributed by atoms with van der Waals surface area (Å²) in [6.45, 7) is 3.65. The molecule has 1 amide bonds. The van der Waals surface area contributed by atoms with Crippen LogP contribution in [0.5, 0.6) is 0 Å². The number of nitrogens with zero attached hydrogens (tertiary/aromatic N) is 1. The van der Waals surface area contributed by atoms with Crippen LogP contribution in [-0.2, 0) is 0 Å². The highest BCUT2D eigenvalue weighted by molar-refractivity contribution is 7.17. The number of carbonyl (C=O) groups excluding carboxylic acids is 1. The summed E-state index contributed by atoms with van der Waals surface area (Å²) in [7, 11) is 0. The van der Waals surface area contributed by atoms with Crippen LogP contribution in [0, 0.1) is 6.92 Å². The Bertz CT molecular complexity index is 612. The molecule has 0 aliphatic rings. The molecule has 2 aromatic rings. The predicted octanol–water partition coefficient (Wildman–Crippen LogP) is 3.18. The lowest BCUT2D eigenvalue weighted by atomic mass is 10.1. The second kappa shape index (κ2) is 5.59. The Kier molecular flexibility index (Phi) is 4.07. The van der Waals surface area contributed by atoms with Gasteiger partial charge in [-0.25, -0.2) is 4.98 Å². The van der Waals surface area contributed by atoms with E-state index in [0.717, 1.165) is 5.56 Å². The normalized spacial score (nSPS) is 12.2. The van der Waals surface area contributed by atoms with Crippen LogP contribution in [0.15, 0.2) is 24.3 Å². The predicted molar refractivity (Wildman–Crippen MR) is 78.6 cm³/mol. The van der Waals surface area contributed by atoms with Gasteiger partial charge in [-0.3, -0.25) is 4.79 Å². The fourth-order valence-electron chi connectivity index (χ4n) is 1.79. The molecule has 19 heavy (non-hydrogen) atoms. The fraction of sp³-hybridized carbons (Fsp3) is 0.231. The SMILES string of the molecule is Cc1nc(N)sc1C(=O)N[C@@H](C)c1ccccc1Cl. The van der Waals surface area contributed by atoms with Gasteiger partial charge in [-0.2, -0.15) is 0 Å². The van der Waals surface area contributed by atoms with Gasteiger partial charge in [0.25, 0.3) is 5.91 Å². The molecule has 4 nitrogen and oxygen atoms in total. The molecular weight excluding hydrogens is 282 g/mol. The zero-order chi connectivity index (χ0) is 14.0. The lowest BCUT2D eigenvalue weighted by molar-refractivity contribution is 0.0943. The van der Waals surface area contributed by atoms with Gasteiger partial charge in [-0.05, 0) is 25.5 Å². The molecule has 1 aromatic heterocycles. The summed E-state index contributed by atoms with van der Waals surface area (Å²) >= 11 is 7.29. The second-order valence-corrected chi connectivity index (χ2v) is 5.62. The number of anilines is 1. The fourth-order valence-corrected chi connectivity index (χ4v) is 2.83. The number of rotatable bonds is 3. The van der Waals surface area contributed by atoms with Crippen molar-refractivity contribution in [2.24, 2.45) is 0 Å². The van der Waals surface area contributed by atoms with Gasteiger partial charge in [0, 0.05) is 5.02 Å². The average Bonchev–Trinajstić information content (AvgIpc) is 2.69. The second-order valence-electron chi connectivity index (χ2n) is 4.18. The van der Waals surface area contributed by atoms with E-state index in [0.29, 0.717) is 20.7 Å². The number of halogens is 1. The molecule has 1 heterocycles. The first-order chi connectivity index (χ1) is 8.99. The molecule has 0 unspecified atom stereocenters. The van der Waals surface area contributed by atoms with E-state index in [4.69, 9.17) is 17.3 Å². The molecule has 0 bridgehead atoms. The first-order valence-electron chi connectivity index (χ1n) is 5.77. The number of hydrogen-bond donors (Lipinski definition) is 2. The molecule has 0 aliphatic heterocycles. The number of benzene rings is 1. The van der Waals surface area contributed by atoms with Crippen LogP contribution in [0.1, 0.15) is 33.9 Å². The Balaban J connectivity index is 2.15. The molecule has 0 saturated carbocycles. The van der Waals surface area contributed by atoms with E-state index in [2.05, 4.69) is 10.3 Å². The standard InChI is InChI=1S/C13H14ClN3OS/c1-7(9-5-3-4-6-10(9)14)16-12(18)11-8(2)17-13(15)19-11/h3-7H,1-2H3,(H2,15,17)(H,16,18)/t7-/m0/s1. The molecule has 2 rings (SSSR count). The van der Waals surface area contributed by atoms with Crippen molar-refractivity contribution in [3.63, 3.8) is 0 Å². The van der Waals surface area contributed by atoms with Crippen LogP contribution >= 0.6 is 22.9 Å². The van der Waals surface area contributed by atoms with Crippen LogP contribution in [0.25, 0.3) is 0 Å². The topological polar surface area (TPSA) is 68.0 Å². The quantitative estimate of drug-likeness (QED) is 0.914. The lowest BCUT2D eigenvalue weighted by Gasteiger charge is -2.15. The van der Waals surface area contributed by atoms with Gasteiger partial charge in [0.05, 0.1) is 11.7 Å². The zero-order valence-corrected chi connectivity index (χ0v) is 12.2. The number of thiazole rings is 1. The van der Waals surface area contributed by atoms with Crippen LogP contribution in [-0.4, -0.2) is 10.9 Å². The van der Waals surface area contributed by atoms with Crippen LogP contribution in [0.3, 0.4) is 0 Å². The summed E-state index contributed by atoms with van der Waals surface area (Å²) in [6, 6.07) is 7.26. The molecule has 1 atom stereocenters. The molecule has 100 valence electrons. The van der Waals surface area contributed by atoms with Crippen LogP contribution < -0.4 is 11.1 Å². The molecule has 1 aromatic carbocycles. The van der Waals surface area contributed by atoms with Crippen molar-refractivity contribution < 1.29 is 4.79 Å². The smallest absolute Gasteiger partial charge is 0.263 e. The van der Waals surface area contributed by atoms with Crippen molar-refractivity contribution in [1.82, 2.24) is 10.3 Å². The minimum Gasteiger partial charge on any atom is -0.375 e. The third-order valence-corrected chi connectivity index (χ3v) is 4.07. The van der Waals surface area contributed by atoms with E-state index in [1.807, 2.05) is 25.1 Å². The van der Waals surface area contributed by atoms with E-state index >= 15 is 0 Å². The maximum Gasteiger partial charge on any atom is 0.263 e. The van der Waals surface area contributed by atoms with Crippen molar-refractivity contribution in [2.45, 2.75) is 19.9 Å². The number of nitrogens with two attached hydrogens (primary N) is 1. The van der Waals surface area contributed by atoms with Crippen molar-refractivity contribution >= 4 is 34.0 Å². The Labute approximate surface area is 120 Å². The maximum absolute atomic E-state index is 12.1. The summed E-state index contributed by atoms with van der Waals surface area (Å²) < 4.78 is 0. The number of hydrogen-bond acceptors (Lipinski definition) is 4. The summed E-state index contributed by atoms with van der Waals surface area (Å²) in [5.74, 6) is -0.181. The number of aryl methyl sites for hydroxylation is 1. The Hall–Kier alpha value is -1.59. The zero-order valence-electron chi connectivity index (χ0n) is 10.6. The highest BCUT2D eigenvalue weighted by Crippen LogP contribution is 2.24. The number of nitrogens with one attached hydrogen (secondary N) is 1. The van der Waals surface area contributed by atoms with E-state index in [1.165, 1.54) is 11.3 Å². The molecule has 0 aliphatic carbocycles. The van der Waals surface area contributed by atoms with Gasteiger partial charge >= 0.3 is 0 Å². The molecule has 6 heteroatoms. The highest BCUT2D eigenvalue weighted by Gasteiger charge is 2.18. The van der Waals surface area contributed by atoms with Gasteiger partial charge in [0.15, 0.2) is 5.13 Å². The summed E-state index contributed by atoms with van der Waals surface area (Å²) in [5.41, 5.74) is 7.12. The van der Waals surface area contributed by atoms with Gasteiger partial charge in [0.1, 0.15) is 4.88 Å². The first kappa shape index (κ1) is 13.8. The van der Waals surface area contributed by atoms with Crippen molar-refractivity contribution in [2.75, 3.05) is 5.73 Å². The third-order valence-electron chi connectivity index (χ3n) is 2.74. The van der Waals surface area contributed by atoms with E-state index < -0.39 is 0 Å². The lowest BCUT2D eigenvalue weighted by Crippen LogP contribution is -2.26. The van der Waals surface area contributed by atoms with E-state index in [9.17, 15) is 4.79 Å². The molecule has 0 fully saturated rings. The van der Waals surface area contributed by atoms with Gasteiger partial charge in [-0.15, -0.1) is 0 Å². The number of nitrogen functional groups attached to an aromatic ring is 1. The minimum absolute atomic E-state index is 0.177. The van der Waals surface area contributed by atoms with Crippen molar-refractivity contribution in [3.05, 3.63) is 45.4 Å².